The van der Waals surface area contributed by atoms with Gasteiger partial charge in [-0.1, -0.05) is 53.5 Å². The third-order valence-electron chi connectivity index (χ3n) is 4.83. The van der Waals surface area contributed by atoms with Crippen LogP contribution in [0.5, 0.6) is 0 Å². The minimum Gasteiger partial charge on any atom is -0.352 e. The normalized spacial score (nSPS) is 15.7. The first-order valence-electron chi connectivity index (χ1n) is 9.19. The van der Waals surface area contributed by atoms with Crippen molar-refractivity contribution in [2.24, 2.45) is 0 Å². The van der Waals surface area contributed by atoms with Crippen molar-refractivity contribution in [1.29, 1.82) is 0 Å². The van der Waals surface area contributed by atoms with Gasteiger partial charge in [-0.25, -0.2) is 0 Å². The summed E-state index contributed by atoms with van der Waals surface area (Å²) >= 11 is 11.9. The molecule has 27 heavy (non-hydrogen) atoms. The van der Waals surface area contributed by atoms with Gasteiger partial charge in [-0.3, -0.25) is 9.69 Å². The molecular formula is C21H25Cl2N3O. The molecule has 3 rings (SSSR count). The average Bonchev–Trinajstić information content (AvgIpc) is 2.65. The Kier molecular flexibility index (Phi) is 7.13. The molecule has 0 atom stereocenters. The first-order valence-corrected chi connectivity index (χ1v) is 9.94. The molecule has 1 heterocycles. The van der Waals surface area contributed by atoms with Crippen LogP contribution >= 0.6 is 23.2 Å². The van der Waals surface area contributed by atoms with Gasteiger partial charge in [0, 0.05) is 39.3 Å². The van der Waals surface area contributed by atoms with Crippen LogP contribution in [0.4, 0.5) is 0 Å². The van der Waals surface area contributed by atoms with Crippen molar-refractivity contribution in [2.45, 2.75) is 19.5 Å². The summed E-state index contributed by atoms with van der Waals surface area (Å²) in [6, 6.07) is 13.7. The van der Waals surface area contributed by atoms with Gasteiger partial charge in [0.05, 0.1) is 16.5 Å². The van der Waals surface area contributed by atoms with Crippen molar-refractivity contribution in [3.8, 4) is 0 Å². The fraction of sp³-hybridized carbons (Fsp3) is 0.381. The minimum atomic E-state index is -0.0298. The van der Waals surface area contributed by atoms with Crippen LogP contribution in [0.3, 0.4) is 0 Å². The molecule has 6 heteroatoms. The molecule has 0 radical (unpaired) electrons. The number of rotatable bonds is 6. The van der Waals surface area contributed by atoms with Gasteiger partial charge in [0.15, 0.2) is 0 Å². The van der Waals surface area contributed by atoms with Crippen molar-refractivity contribution in [1.82, 2.24) is 15.1 Å². The van der Waals surface area contributed by atoms with E-state index in [1.807, 2.05) is 12.1 Å². The number of hydrogen-bond donors (Lipinski definition) is 1. The maximum Gasteiger partial charge on any atom is 0.224 e. The number of likely N-dealkylation sites (N-methyl/N-ethyl adjacent to an activating group) is 1. The Hall–Kier alpha value is -1.59. The first kappa shape index (κ1) is 20.2. The van der Waals surface area contributed by atoms with Crippen LogP contribution in [-0.2, 0) is 24.3 Å². The number of nitrogens with zero attached hydrogens (tertiary/aromatic N) is 2. The highest BCUT2D eigenvalue weighted by atomic mass is 35.5. The van der Waals surface area contributed by atoms with Crippen LogP contribution in [-0.4, -0.2) is 48.9 Å². The summed E-state index contributed by atoms with van der Waals surface area (Å²) in [7, 11) is 2.17. The number of halogens is 2. The van der Waals surface area contributed by atoms with Gasteiger partial charge >= 0.3 is 0 Å². The van der Waals surface area contributed by atoms with E-state index in [0.29, 0.717) is 16.6 Å². The topological polar surface area (TPSA) is 35.6 Å². The number of piperazine rings is 1. The largest absolute Gasteiger partial charge is 0.352 e. The molecule has 144 valence electrons. The third kappa shape index (κ3) is 6.22. The molecule has 2 aromatic rings. The summed E-state index contributed by atoms with van der Waals surface area (Å²) in [4.78, 5) is 17.0. The monoisotopic (exact) mass is 405 g/mol. The van der Waals surface area contributed by atoms with Gasteiger partial charge in [0.1, 0.15) is 0 Å². The van der Waals surface area contributed by atoms with Gasteiger partial charge in [-0.15, -0.1) is 0 Å². The lowest BCUT2D eigenvalue weighted by Crippen LogP contribution is -2.43. The molecule has 0 aliphatic carbocycles. The minimum absolute atomic E-state index is 0.0298. The Labute approximate surface area is 171 Å². The molecule has 0 spiro atoms. The summed E-state index contributed by atoms with van der Waals surface area (Å²) in [5.41, 5.74) is 3.26. The maximum atomic E-state index is 12.2. The zero-order valence-electron chi connectivity index (χ0n) is 15.5. The fourth-order valence-electron chi connectivity index (χ4n) is 3.20. The van der Waals surface area contributed by atoms with E-state index >= 15 is 0 Å². The quantitative estimate of drug-likeness (QED) is 0.797. The lowest BCUT2D eigenvalue weighted by molar-refractivity contribution is -0.120. The molecule has 1 fully saturated rings. The molecule has 0 bridgehead atoms. The zero-order chi connectivity index (χ0) is 19.2. The van der Waals surface area contributed by atoms with Crippen molar-refractivity contribution in [3.63, 3.8) is 0 Å². The van der Waals surface area contributed by atoms with Gasteiger partial charge in [-0.2, -0.15) is 0 Å². The molecule has 1 amide bonds. The van der Waals surface area contributed by atoms with Crippen LogP contribution < -0.4 is 5.32 Å². The smallest absolute Gasteiger partial charge is 0.224 e. The predicted octanol–water partition coefficient (Wildman–Crippen LogP) is 3.60. The maximum absolute atomic E-state index is 12.2. The lowest BCUT2D eigenvalue weighted by Gasteiger charge is -2.32. The summed E-state index contributed by atoms with van der Waals surface area (Å²) in [5, 5.41) is 3.95. The Bertz CT molecular complexity index is 789. The summed E-state index contributed by atoms with van der Waals surface area (Å²) in [5.74, 6) is -0.0298. The van der Waals surface area contributed by atoms with Crippen LogP contribution in [0.1, 0.15) is 16.7 Å². The van der Waals surface area contributed by atoms with Crippen LogP contribution in [0.2, 0.25) is 10.0 Å². The highest BCUT2D eigenvalue weighted by Gasteiger charge is 2.14. The fourth-order valence-corrected chi connectivity index (χ4v) is 3.52. The number of amides is 1. The molecule has 0 unspecified atom stereocenters. The number of carbonyl (C=O) groups is 1. The van der Waals surface area contributed by atoms with E-state index in [1.54, 1.807) is 12.1 Å². The molecule has 2 aromatic carbocycles. The SMILES string of the molecule is CN1CCN(Cc2cccc(CNC(=O)Cc3ccc(Cl)c(Cl)c3)c2)CC1. The highest BCUT2D eigenvalue weighted by Crippen LogP contribution is 2.22. The Morgan fingerprint density at radius 1 is 0.963 bits per heavy atom. The molecule has 1 aliphatic heterocycles. The number of carbonyl (C=O) groups excluding carboxylic acids is 1. The van der Waals surface area contributed by atoms with Gasteiger partial charge < -0.3 is 10.2 Å². The van der Waals surface area contributed by atoms with Crippen molar-refractivity contribution >= 4 is 29.1 Å². The number of benzene rings is 2. The lowest BCUT2D eigenvalue weighted by atomic mass is 10.1. The molecule has 4 nitrogen and oxygen atoms in total. The highest BCUT2D eigenvalue weighted by molar-refractivity contribution is 6.42. The number of hydrogen-bond acceptors (Lipinski definition) is 3. The second-order valence-electron chi connectivity index (χ2n) is 7.10. The van der Waals surface area contributed by atoms with Crippen molar-refractivity contribution < 1.29 is 4.79 Å². The van der Waals surface area contributed by atoms with E-state index in [4.69, 9.17) is 23.2 Å². The van der Waals surface area contributed by atoms with Gasteiger partial charge in [-0.05, 0) is 35.9 Å². The van der Waals surface area contributed by atoms with Crippen LogP contribution in [0.25, 0.3) is 0 Å². The molecule has 0 aromatic heterocycles. The van der Waals surface area contributed by atoms with E-state index in [0.717, 1.165) is 43.9 Å². The second-order valence-corrected chi connectivity index (χ2v) is 7.92. The van der Waals surface area contributed by atoms with Crippen molar-refractivity contribution in [2.75, 3.05) is 33.2 Å². The van der Waals surface area contributed by atoms with E-state index in [1.165, 1.54) is 5.56 Å². The zero-order valence-corrected chi connectivity index (χ0v) is 17.1. The van der Waals surface area contributed by atoms with E-state index in [-0.39, 0.29) is 12.3 Å². The van der Waals surface area contributed by atoms with Crippen LogP contribution in [0, 0.1) is 0 Å². The standard InChI is InChI=1S/C21H25Cl2N3O/c1-25-7-9-26(10-8-25)15-18-4-2-3-17(11-18)14-24-21(27)13-16-5-6-19(22)20(23)12-16/h2-6,11-12H,7-10,13-15H2,1H3,(H,24,27). The predicted molar refractivity (Wildman–Crippen MR) is 111 cm³/mol. The van der Waals surface area contributed by atoms with Crippen LogP contribution in [0.15, 0.2) is 42.5 Å². The average molecular weight is 406 g/mol. The summed E-state index contributed by atoms with van der Waals surface area (Å²) in [6.45, 7) is 5.91. The van der Waals surface area contributed by atoms with Gasteiger partial charge in [0.2, 0.25) is 5.91 Å². The molecule has 1 saturated heterocycles. The summed E-state index contributed by atoms with van der Waals surface area (Å²) < 4.78 is 0. The third-order valence-corrected chi connectivity index (χ3v) is 5.57. The van der Waals surface area contributed by atoms with E-state index < -0.39 is 0 Å². The Balaban J connectivity index is 1.50. The van der Waals surface area contributed by atoms with Crippen molar-refractivity contribution in [3.05, 3.63) is 69.2 Å². The van der Waals surface area contributed by atoms with Gasteiger partial charge in [0.25, 0.3) is 0 Å². The number of nitrogens with one attached hydrogen (secondary N) is 1. The summed E-state index contributed by atoms with van der Waals surface area (Å²) in [6.07, 6.45) is 0.290. The Morgan fingerprint density at radius 3 is 2.44 bits per heavy atom. The van der Waals surface area contributed by atoms with E-state index in [2.05, 4.69) is 40.4 Å². The Morgan fingerprint density at radius 2 is 1.70 bits per heavy atom. The second kappa shape index (κ2) is 9.56. The molecular weight excluding hydrogens is 381 g/mol. The molecule has 1 aliphatic rings. The molecule has 0 saturated carbocycles. The van der Waals surface area contributed by atoms with E-state index in [9.17, 15) is 4.79 Å². The first-order chi connectivity index (χ1) is 13.0. The molecule has 1 N–H and O–H groups in total.